The Morgan fingerprint density at radius 3 is 1.77 bits per heavy atom. The molecule has 0 fully saturated rings. The van der Waals surface area contributed by atoms with Gasteiger partial charge in [-0.05, 0) is 32.0 Å². The van der Waals surface area contributed by atoms with Gasteiger partial charge in [-0.3, -0.25) is 0 Å². The summed E-state index contributed by atoms with van der Waals surface area (Å²) >= 11 is 0. The summed E-state index contributed by atoms with van der Waals surface area (Å²) < 4.78 is 0. The first-order valence-corrected chi connectivity index (χ1v) is 7.23. The van der Waals surface area contributed by atoms with E-state index in [1.54, 1.807) is 0 Å². The maximum Gasteiger partial charge on any atom is 0.0539 e. The molecule has 80 valence electrons. The molecular weight excluding hydrogens is 176 g/mol. The standard InChI is InChI=1S/C10H26N2Si/c1-3-5-7-11-10(9-13)12-8-6-4-2/h10-12H,3-9H2,1-2,13H3. The third-order valence-corrected chi connectivity index (χ3v) is 3.07. The van der Waals surface area contributed by atoms with Crippen molar-refractivity contribution in [3.8, 4) is 0 Å². The van der Waals surface area contributed by atoms with Crippen LogP contribution in [0.25, 0.3) is 0 Å². The lowest BCUT2D eigenvalue weighted by Crippen LogP contribution is -2.42. The molecule has 0 amide bonds. The lowest BCUT2D eigenvalue weighted by atomic mass is 10.3. The number of hydrogen-bond acceptors (Lipinski definition) is 2. The van der Waals surface area contributed by atoms with Crippen LogP contribution < -0.4 is 10.6 Å². The van der Waals surface area contributed by atoms with E-state index in [0.29, 0.717) is 6.17 Å². The summed E-state index contributed by atoms with van der Waals surface area (Å²) in [5.41, 5.74) is 0. The van der Waals surface area contributed by atoms with Gasteiger partial charge in [0.15, 0.2) is 0 Å². The molecule has 0 aliphatic heterocycles. The quantitative estimate of drug-likeness (QED) is 0.329. The van der Waals surface area contributed by atoms with Crippen molar-refractivity contribution in [1.82, 2.24) is 10.6 Å². The van der Waals surface area contributed by atoms with Crippen LogP contribution in [-0.2, 0) is 0 Å². The number of rotatable bonds is 9. The molecule has 3 heteroatoms. The Kier molecular flexibility index (Phi) is 10.3. The van der Waals surface area contributed by atoms with Crippen molar-refractivity contribution in [3.05, 3.63) is 0 Å². The minimum absolute atomic E-state index is 0.588. The predicted molar refractivity (Wildman–Crippen MR) is 64.4 cm³/mol. The van der Waals surface area contributed by atoms with E-state index >= 15 is 0 Å². The van der Waals surface area contributed by atoms with Crippen LogP contribution in [0.1, 0.15) is 39.5 Å². The van der Waals surface area contributed by atoms with Crippen LogP contribution in [0, 0.1) is 0 Å². The molecule has 0 aliphatic carbocycles. The lowest BCUT2D eigenvalue weighted by molar-refractivity contribution is 0.444. The summed E-state index contributed by atoms with van der Waals surface area (Å²) in [5.74, 6) is 0. The van der Waals surface area contributed by atoms with E-state index in [0.717, 1.165) is 0 Å². The van der Waals surface area contributed by atoms with Crippen LogP contribution in [0.5, 0.6) is 0 Å². The van der Waals surface area contributed by atoms with Gasteiger partial charge < -0.3 is 10.6 Å². The summed E-state index contributed by atoms with van der Waals surface area (Å²) in [6.45, 7) is 6.81. The van der Waals surface area contributed by atoms with E-state index in [9.17, 15) is 0 Å². The number of unbranched alkanes of at least 4 members (excludes halogenated alkanes) is 2. The molecule has 0 aromatic carbocycles. The fraction of sp³-hybridized carbons (Fsp3) is 1.00. The molecule has 2 nitrogen and oxygen atoms in total. The van der Waals surface area contributed by atoms with E-state index in [4.69, 9.17) is 0 Å². The van der Waals surface area contributed by atoms with Crippen LogP contribution in [0.15, 0.2) is 0 Å². The van der Waals surface area contributed by atoms with E-state index < -0.39 is 0 Å². The maximum absolute atomic E-state index is 3.55. The molecule has 0 heterocycles. The van der Waals surface area contributed by atoms with Gasteiger partial charge in [-0.25, -0.2) is 0 Å². The summed E-state index contributed by atoms with van der Waals surface area (Å²) in [5, 5.41) is 7.11. The highest BCUT2D eigenvalue weighted by atomic mass is 28.1. The van der Waals surface area contributed by atoms with E-state index in [1.165, 1.54) is 55.1 Å². The Balaban J connectivity index is 3.28. The fourth-order valence-corrected chi connectivity index (χ4v) is 1.84. The monoisotopic (exact) mass is 202 g/mol. The topological polar surface area (TPSA) is 24.1 Å². The highest BCUT2D eigenvalue weighted by Crippen LogP contribution is 1.90. The second-order valence-corrected chi connectivity index (χ2v) is 4.39. The van der Waals surface area contributed by atoms with Gasteiger partial charge >= 0.3 is 0 Å². The van der Waals surface area contributed by atoms with Crippen molar-refractivity contribution in [2.45, 2.75) is 51.7 Å². The largest absolute Gasteiger partial charge is 0.302 e. The average molecular weight is 202 g/mol. The predicted octanol–water partition coefficient (Wildman–Crippen LogP) is 0.876. The van der Waals surface area contributed by atoms with Gasteiger partial charge in [0.05, 0.1) is 6.17 Å². The summed E-state index contributed by atoms with van der Waals surface area (Å²) in [6.07, 6.45) is 5.76. The molecule has 0 atom stereocenters. The zero-order valence-corrected chi connectivity index (χ0v) is 11.5. The summed E-state index contributed by atoms with van der Waals surface area (Å²) in [4.78, 5) is 0. The van der Waals surface area contributed by atoms with Crippen LogP contribution in [0.4, 0.5) is 0 Å². The second kappa shape index (κ2) is 10.2. The molecule has 13 heavy (non-hydrogen) atoms. The second-order valence-electron chi connectivity index (χ2n) is 3.58. The van der Waals surface area contributed by atoms with E-state index in [2.05, 4.69) is 24.5 Å². The smallest absolute Gasteiger partial charge is 0.0539 e. The average Bonchev–Trinajstić information content (AvgIpc) is 2.16. The third kappa shape index (κ3) is 8.47. The Morgan fingerprint density at radius 1 is 1.00 bits per heavy atom. The molecule has 0 aromatic rings. The molecule has 0 unspecified atom stereocenters. The van der Waals surface area contributed by atoms with Crippen LogP contribution >= 0.6 is 0 Å². The minimum atomic E-state index is 0.588. The highest BCUT2D eigenvalue weighted by molar-refractivity contribution is 6.08. The van der Waals surface area contributed by atoms with Gasteiger partial charge in [-0.1, -0.05) is 26.7 Å². The molecule has 0 rings (SSSR count). The van der Waals surface area contributed by atoms with Crippen molar-refractivity contribution in [3.63, 3.8) is 0 Å². The van der Waals surface area contributed by atoms with Crippen LogP contribution in [0.3, 0.4) is 0 Å². The fourth-order valence-electron chi connectivity index (χ4n) is 1.27. The lowest BCUT2D eigenvalue weighted by Gasteiger charge is -2.18. The first-order chi connectivity index (χ1) is 6.35. The molecule has 0 saturated carbocycles. The summed E-state index contributed by atoms with van der Waals surface area (Å²) in [6, 6.07) is 1.31. The molecule has 0 bridgehead atoms. The zero-order chi connectivity index (χ0) is 9.94. The maximum atomic E-state index is 3.55. The van der Waals surface area contributed by atoms with Crippen molar-refractivity contribution < 1.29 is 0 Å². The Bertz CT molecular complexity index is 88.9. The van der Waals surface area contributed by atoms with E-state index in [1.807, 2.05) is 0 Å². The van der Waals surface area contributed by atoms with Crippen LogP contribution in [-0.4, -0.2) is 29.5 Å². The normalized spacial score (nSPS) is 11.3. The zero-order valence-electron chi connectivity index (χ0n) is 9.53. The van der Waals surface area contributed by atoms with Crippen molar-refractivity contribution in [1.29, 1.82) is 0 Å². The van der Waals surface area contributed by atoms with Gasteiger partial charge in [-0.15, -0.1) is 0 Å². The molecule has 2 N–H and O–H groups in total. The number of hydrogen-bond donors (Lipinski definition) is 2. The van der Waals surface area contributed by atoms with Gasteiger partial charge in [0.1, 0.15) is 0 Å². The molecule has 0 spiro atoms. The Morgan fingerprint density at radius 2 is 1.46 bits per heavy atom. The van der Waals surface area contributed by atoms with Gasteiger partial charge in [0.25, 0.3) is 0 Å². The molecular formula is C10H26N2Si. The highest BCUT2D eigenvalue weighted by Gasteiger charge is 2.01. The molecule has 0 radical (unpaired) electrons. The minimum Gasteiger partial charge on any atom is -0.302 e. The first kappa shape index (κ1) is 13.1. The summed E-state index contributed by atoms with van der Waals surface area (Å²) in [7, 11) is 1.28. The Labute approximate surface area is 86.3 Å². The van der Waals surface area contributed by atoms with Crippen LogP contribution in [0.2, 0.25) is 6.04 Å². The van der Waals surface area contributed by atoms with Gasteiger partial charge in [0, 0.05) is 10.2 Å². The Hall–Kier alpha value is 0.137. The van der Waals surface area contributed by atoms with Crippen molar-refractivity contribution in [2.24, 2.45) is 0 Å². The van der Waals surface area contributed by atoms with Crippen molar-refractivity contribution >= 4 is 10.2 Å². The van der Waals surface area contributed by atoms with Gasteiger partial charge in [-0.2, -0.15) is 0 Å². The molecule has 0 saturated heterocycles. The molecule has 0 aliphatic rings. The first-order valence-electron chi connectivity index (χ1n) is 5.81. The molecule has 0 aromatic heterocycles. The van der Waals surface area contributed by atoms with Gasteiger partial charge in [0.2, 0.25) is 0 Å². The number of nitrogens with one attached hydrogen (secondary N) is 2. The third-order valence-electron chi connectivity index (χ3n) is 2.25. The SMILES string of the molecule is CCCCNC(C[SiH3])NCCCC. The van der Waals surface area contributed by atoms with E-state index in [-0.39, 0.29) is 0 Å². The van der Waals surface area contributed by atoms with Crippen molar-refractivity contribution in [2.75, 3.05) is 13.1 Å².